The number of methoxy groups -OCH3 is 1. The molecule has 0 spiro atoms. The Bertz CT molecular complexity index is 710. The first-order chi connectivity index (χ1) is 10.1. The van der Waals surface area contributed by atoms with E-state index in [0.717, 1.165) is 16.3 Å². The molecule has 0 heterocycles. The van der Waals surface area contributed by atoms with Crippen LogP contribution in [0.4, 0.5) is 5.69 Å². The van der Waals surface area contributed by atoms with Gasteiger partial charge in [-0.3, -0.25) is 9.59 Å². The van der Waals surface area contributed by atoms with Crippen molar-refractivity contribution in [2.45, 2.75) is 6.42 Å². The highest BCUT2D eigenvalue weighted by molar-refractivity contribution is 6.07. The summed E-state index contributed by atoms with van der Waals surface area (Å²) in [6, 6.07) is 11.2. The van der Waals surface area contributed by atoms with Gasteiger partial charge in [0.25, 0.3) is 0 Å². The molecule has 21 heavy (non-hydrogen) atoms. The second-order valence-corrected chi connectivity index (χ2v) is 4.37. The Hall–Kier alpha value is -2.89. The lowest BCUT2D eigenvalue weighted by Gasteiger charge is -2.09. The monoisotopic (exact) mass is 285 g/mol. The van der Waals surface area contributed by atoms with Crippen molar-refractivity contribution < 1.29 is 14.3 Å². The molecule has 0 aliphatic rings. The maximum atomic E-state index is 11.8. The van der Waals surface area contributed by atoms with E-state index >= 15 is 0 Å². The average Bonchev–Trinajstić information content (AvgIpc) is 2.48. The van der Waals surface area contributed by atoms with E-state index < -0.39 is 11.9 Å². The number of anilines is 1. The van der Waals surface area contributed by atoms with Crippen molar-refractivity contribution in [1.82, 2.24) is 0 Å². The predicted octanol–water partition coefficient (Wildman–Crippen LogP) is 1.63. The molecule has 0 fully saturated rings. The lowest BCUT2D eigenvalue weighted by atomic mass is 10.1. The van der Waals surface area contributed by atoms with E-state index in [-0.39, 0.29) is 6.42 Å². The maximum absolute atomic E-state index is 11.8. The number of ether oxygens (including phenoxy) is 1. The molecule has 0 bridgehead atoms. The second-order valence-electron chi connectivity index (χ2n) is 4.37. The highest BCUT2D eigenvalue weighted by atomic mass is 16.5. The van der Waals surface area contributed by atoms with E-state index in [4.69, 9.17) is 5.84 Å². The van der Waals surface area contributed by atoms with E-state index in [1.807, 2.05) is 30.3 Å². The number of hydrogen-bond donors (Lipinski definition) is 2. The average molecular weight is 285 g/mol. The molecule has 6 heteroatoms. The number of fused-ring (bicyclic) bond motifs is 1. The Labute approximate surface area is 121 Å². The van der Waals surface area contributed by atoms with Crippen LogP contribution < -0.4 is 11.2 Å². The number of carbonyl (C=O) groups is 2. The summed E-state index contributed by atoms with van der Waals surface area (Å²) in [5, 5.41) is 7.98. The summed E-state index contributed by atoms with van der Waals surface area (Å²) in [5.74, 6) is 4.14. The Morgan fingerprint density at radius 3 is 2.86 bits per heavy atom. The molecule has 0 radical (unpaired) electrons. The fourth-order valence-electron chi connectivity index (χ4n) is 1.96. The molecular weight excluding hydrogens is 270 g/mol. The zero-order valence-electron chi connectivity index (χ0n) is 11.5. The fourth-order valence-corrected chi connectivity index (χ4v) is 1.96. The number of benzene rings is 2. The smallest absolute Gasteiger partial charge is 0.315 e. The minimum Gasteiger partial charge on any atom is -0.469 e. The molecule has 1 amide bonds. The molecule has 0 aliphatic heterocycles. The fraction of sp³-hybridized carbons (Fsp3) is 0.133. The molecule has 2 rings (SSSR count). The number of hydrogen-bond acceptors (Lipinski definition) is 5. The van der Waals surface area contributed by atoms with Crippen LogP contribution in [0.15, 0.2) is 41.5 Å². The van der Waals surface area contributed by atoms with Gasteiger partial charge in [0, 0.05) is 11.1 Å². The summed E-state index contributed by atoms with van der Waals surface area (Å²) < 4.78 is 4.47. The normalized spacial score (nSPS) is 10.7. The van der Waals surface area contributed by atoms with Crippen LogP contribution in [0.1, 0.15) is 12.0 Å². The van der Waals surface area contributed by atoms with E-state index in [2.05, 4.69) is 15.2 Å². The topological polar surface area (TPSA) is 93.8 Å². The highest BCUT2D eigenvalue weighted by Crippen LogP contribution is 2.24. The Morgan fingerprint density at radius 1 is 1.33 bits per heavy atom. The molecule has 2 aromatic carbocycles. The SMILES string of the molecule is COC(=O)CC(=O)Nc1cccc2ccc(C=NN)cc12. The molecule has 0 aromatic heterocycles. The van der Waals surface area contributed by atoms with Crippen molar-refractivity contribution in [2.24, 2.45) is 10.9 Å². The number of hydrazone groups is 1. The second kappa shape index (κ2) is 6.51. The minimum atomic E-state index is -0.580. The molecule has 108 valence electrons. The number of carbonyl (C=O) groups excluding carboxylic acids is 2. The third kappa shape index (κ3) is 3.56. The molecule has 0 aliphatic carbocycles. The number of esters is 1. The minimum absolute atomic E-state index is 0.323. The summed E-state index contributed by atoms with van der Waals surface area (Å²) in [7, 11) is 1.24. The number of nitrogens with one attached hydrogen (secondary N) is 1. The van der Waals surface area contributed by atoms with Gasteiger partial charge in [0.1, 0.15) is 6.42 Å². The van der Waals surface area contributed by atoms with Crippen LogP contribution in [0, 0.1) is 0 Å². The van der Waals surface area contributed by atoms with Gasteiger partial charge in [-0.05, 0) is 23.1 Å². The first kappa shape index (κ1) is 14.5. The van der Waals surface area contributed by atoms with Crippen LogP contribution in [0.5, 0.6) is 0 Å². The highest BCUT2D eigenvalue weighted by Gasteiger charge is 2.11. The molecule has 0 saturated heterocycles. The van der Waals surface area contributed by atoms with Gasteiger partial charge in [0.2, 0.25) is 5.91 Å². The zero-order chi connectivity index (χ0) is 15.2. The van der Waals surface area contributed by atoms with E-state index in [0.29, 0.717) is 5.69 Å². The Balaban J connectivity index is 2.32. The largest absolute Gasteiger partial charge is 0.469 e. The molecule has 0 atom stereocenters. The van der Waals surface area contributed by atoms with Gasteiger partial charge in [0.15, 0.2) is 0 Å². The summed E-state index contributed by atoms with van der Waals surface area (Å²) in [6.45, 7) is 0. The number of rotatable bonds is 4. The molecule has 3 N–H and O–H groups in total. The summed E-state index contributed by atoms with van der Waals surface area (Å²) >= 11 is 0. The quantitative estimate of drug-likeness (QED) is 0.293. The third-order valence-corrected chi connectivity index (χ3v) is 2.94. The Kier molecular flexibility index (Phi) is 4.50. The van der Waals surface area contributed by atoms with Gasteiger partial charge >= 0.3 is 5.97 Å². The summed E-state index contributed by atoms with van der Waals surface area (Å²) in [5.41, 5.74) is 1.44. The van der Waals surface area contributed by atoms with Gasteiger partial charge in [-0.2, -0.15) is 5.10 Å². The van der Waals surface area contributed by atoms with Crippen LogP contribution in [0.2, 0.25) is 0 Å². The molecule has 0 saturated carbocycles. The van der Waals surface area contributed by atoms with Gasteiger partial charge in [-0.1, -0.05) is 24.3 Å². The molecule has 0 unspecified atom stereocenters. The maximum Gasteiger partial charge on any atom is 0.315 e. The van der Waals surface area contributed by atoms with E-state index in [9.17, 15) is 9.59 Å². The van der Waals surface area contributed by atoms with Gasteiger partial charge in [-0.15, -0.1) is 0 Å². The van der Waals surface area contributed by atoms with Crippen molar-refractivity contribution >= 4 is 34.6 Å². The molecular formula is C15H15N3O3. The van der Waals surface area contributed by atoms with Crippen molar-refractivity contribution in [1.29, 1.82) is 0 Å². The first-order valence-electron chi connectivity index (χ1n) is 6.26. The van der Waals surface area contributed by atoms with Crippen LogP contribution >= 0.6 is 0 Å². The van der Waals surface area contributed by atoms with Gasteiger partial charge in [0.05, 0.1) is 13.3 Å². The lowest BCUT2D eigenvalue weighted by Crippen LogP contribution is -2.17. The van der Waals surface area contributed by atoms with Crippen LogP contribution in [-0.4, -0.2) is 25.2 Å². The number of amides is 1. The lowest BCUT2D eigenvalue weighted by molar-refractivity contribution is -0.142. The van der Waals surface area contributed by atoms with Gasteiger partial charge in [-0.25, -0.2) is 0 Å². The van der Waals surface area contributed by atoms with Crippen molar-refractivity contribution in [2.75, 3.05) is 12.4 Å². The van der Waals surface area contributed by atoms with E-state index in [1.54, 1.807) is 6.07 Å². The van der Waals surface area contributed by atoms with Crippen molar-refractivity contribution in [3.8, 4) is 0 Å². The van der Waals surface area contributed by atoms with Crippen molar-refractivity contribution in [3.63, 3.8) is 0 Å². The van der Waals surface area contributed by atoms with Crippen LogP contribution in [0.25, 0.3) is 10.8 Å². The summed E-state index contributed by atoms with van der Waals surface area (Å²) in [4.78, 5) is 22.9. The Morgan fingerprint density at radius 2 is 2.14 bits per heavy atom. The van der Waals surface area contributed by atoms with E-state index in [1.165, 1.54) is 13.3 Å². The predicted molar refractivity (Wildman–Crippen MR) is 81.0 cm³/mol. The zero-order valence-corrected chi connectivity index (χ0v) is 11.5. The third-order valence-electron chi connectivity index (χ3n) is 2.94. The van der Waals surface area contributed by atoms with Gasteiger partial charge < -0.3 is 15.9 Å². The number of nitrogens with zero attached hydrogens (tertiary/aromatic N) is 1. The summed E-state index contributed by atoms with van der Waals surface area (Å²) in [6.07, 6.45) is 1.20. The van der Waals surface area contributed by atoms with Crippen molar-refractivity contribution in [3.05, 3.63) is 42.0 Å². The molecule has 6 nitrogen and oxygen atoms in total. The standard InChI is InChI=1S/C15H15N3O3/c1-21-15(20)8-14(19)18-13-4-2-3-11-6-5-10(9-17-16)7-12(11)13/h2-7,9H,8,16H2,1H3,(H,18,19). The van der Waals surface area contributed by atoms with Crippen LogP contribution in [0.3, 0.4) is 0 Å². The first-order valence-corrected chi connectivity index (χ1v) is 6.26. The number of nitrogens with two attached hydrogens (primary N) is 1. The molecule has 2 aromatic rings. The van der Waals surface area contributed by atoms with Crippen LogP contribution in [-0.2, 0) is 14.3 Å².